The Kier molecular flexibility index (Phi) is 4.59. The van der Waals surface area contributed by atoms with Gasteiger partial charge < -0.3 is 20.1 Å². The summed E-state index contributed by atoms with van der Waals surface area (Å²) in [5.41, 5.74) is 1.75. The molecule has 0 spiro atoms. The molecule has 2 aliphatic rings. The molecule has 2 aromatic carbocycles. The van der Waals surface area contributed by atoms with E-state index in [1.807, 2.05) is 62.4 Å². The summed E-state index contributed by atoms with van der Waals surface area (Å²) < 4.78 is 6.15. The summed E-state index contributed by atoms with van der Waals surface area (Å²) in [6.45, 7) is 3.75. The van der Waals surface area contributed by atoms with E-state index < -0.39 is 11.6 Å². The summed E-state index contributed by atoms with van der Waals surface area (Å²) in [5.74, 6) is -1.11. The zero-order valence-corrected chi connectivity index (χ0v) is 16.0. The third kappa shape index (κ3) is 3.03. The van der Waals surface area contributed by atoms with E-state index in [0.29, 0.717) is 17.9 Å². The lowest BCUT2D eigenvalue weighted by Crippen LogP contribution is -2.64. The fraction of sp³-hybridized carbons (Fsp3) is 0.364. The third-order valence-corrected chi connectivity index (χ3v) is 5.68. The van der Waals surface area contributed by atoms with Gasteiger partial charge in [0.25, 0.3) is 0 Å². The molecule has 2 N–H and O–H groups in total. The molecule has 146 valence electrons. The molecule has 0 saturated carbocycles. The second-order valence-electron chi connectivity index (χ2n) is 7.67. The van der Waals surface area contributed by atoms with Gasteiger partial charge in [-0.3, -0.25) is 9.59 Å². The monoisotopic (exact) mass is 380 g/mol. The first-order valence-electron chi connectivity index (χ1n) is 9.51. The van der Waals surface area contributed by atoms with Crippen molar-refractivity contribution in [2.24, 2.45) is 5.92 Å². The van der Waals surface area contributed by atoms with E-state index in [-0.39, 0.29) is 30.9 Å². The second-order valence-corrected chi connectivity index (χ2v) is 7.67. The molecule has 2 heterocycles. The van der Waals surface area contributed by atoms with Crippen molar-refractivity contribution in [2.75, 3.05) is 18.5 Å². The number of aliphatic hydroxyl groups excluding tert-OH is 1. The third-order valence-electron chi connectivity index (χ3n) is 5.68. The maximum absolute atomic E-state index is 13.3. The Morgan fingerprint density at radius 2 is 1.96 bits per heavy atom. The van der Waals surface area contributed by atoms with E-state index in [1.165, 1.54) is 4.90 Å². The normalized spacial score (nSPS) is 25.7. The van der Waals surface area contributed by atoms with Gasteiger partial charge in [0.2, 0.25) is 11.8 Å². The Labute approximate surface area is 164 Å². The molecule has 0 unspecified atom stereocenters. The average Bonchev–Trinajstić information content (AvgIpc) is 2.67. The zero-order chi connectivity index (χ0) is 19.9. The van der Waals surface area contributed by atoms with E-state index in [4.69, 9.17) is 4.74 Å². The molecule has 0 aromatic heterocycles. The number of benzene rings is 2. The minimum Gasteiger partial charge on any atom is -0.468 e. The van der Waals surface area contributed by atoms with Crippen LogP contribution >= 0.6 is 0 Å². The van der Waals surface area contributed by atoms with Gasteiger partial charge in [-0.1, -0.05) is 35.9 Å². The fourth-order valence-electron chi connectivity index (χ4n) is 4.31. The number of piperidine rings is 1. The smallest absolute Gasteiger partial charge is 0.238 e. The van der Waals surface area contributed by atoms with Crippen molar-refractivity contribution in [3.63, 3.8) is 0 Å². The van der Waals surface area contributed by atoms with Crippen LogP contribution in [0.1, 0.15) is 30.4 Å². The molecule has 2 aromatic rings. The predicted octanol–water partition coefficient (Wildman–Crippen LogP) is 2.67. The molecule has 6 nitrogen and oxygen atoms in total. The largest absolute Gasteiger partial charge is 0.468 e. The number of β-amino-alcohol motifs (C(OH)–C–C–N with tert-alkyl or cyclic N) is 1. The number of rotatable bonds is 4. The van der Waals surface area contributed by atoms with E-state index in [1.54, 1.807) is 0 Å². The number of hydrogen-bond donors (Lipinski definition) is 2. The molecular weight excluding hydrogens is 356 g/mol. The van der Waals surface area contributed by atoms with Gasteiger partial charge in [-0.25, -0.2) is 0 Å². The predicted molar refractivity (Wildman–Crippen MR) is 105 cm³/mol. The van der Waals surface area contributed by atoms with Gasteiger partial charge >= 0.3 is 0 Å². The van der Waals surface area contributed by atoms with Crippen molar-refractivity contribution >= 4 is 17.5 Å². The van der Waals surface area contributed by atoms with E-state index in [9.17, 15) is 14.7 Å². The molecule has 0 aliphatic carbocycles. The summed E-state index contributed by atoms with van der Waals surface area (Å²) in [5, 5.41) is 12.4. The molecule has 6 heteroatoms. The van der Waals surface area contributed by atoms with E-state index in [0.717, 1.165) is 11.1 Å². The topological polar surface area (TPSA) is 78.9 Å². The molecule has 3 atom stereocenters. The number of carbonyl (C=O) groups is 2. The Hall–Kier alpha value is -2.86. The number of carbonyl (C=O) groups excluding carboxylic acids is 2. The van der Waals surface area contributed by atoms with Crippen molar-refractivity contribution in [1.29, 1.82) is 0 Å². The maximum Gasteiger partial charge on any atom is 0.238 e. The first kappa shape index (κ1) is 18.5. The van der Waals surface area contributed by atoms with Crippen molar-refractivity contribution in [3.05, 3.63) is 59.7 Å². The summed E-state index contributed by atoms with van der Waals surface area (Å²) in [6.07, 6.45) is 0.502. The molecule has 28 heavy (non-hydrogen) atoms. The highest BCUT2D eigenvalue weighted by atomic mass is 16.5. The highest BCUT2D eigenvalue weighted by Gasteiger charge is 2.55. The lowest BCUT2D eigenvalue weighted by Gasteiger charge is -2.52. The van der Waals surface area contributed by atoms with Crippen molar-refractivity contribution in [2.45, 2.75) is 31.9 Å². The highest BCUT2D eigenvalue weighted by Crippen LogP contribution is 2.50. The minimum atomic E-state index is -0.876. The van der Waals surface area contributed by atoms with E-state index >= 15 is 0 Å². The van der Waals surface area contributed by atoms with Gasteiger partial charge in [-0.15, -0.1) is 0 Å². The van der Waals surface area contributed by atoms with Crippen LogP contribution in [0.25, 0.3) is 0 Å². The quantitative estimate of drug-likeness (QED) is 0.800. The number of fused-ring (bicyclic) bond motifs is 4. The summed E-state index contributed by atoms with van der Waals surface area (Å²) in [6, 6.07) is 15.0. The van der Waals surface area contributed by atoms with Crippen LogP contribution in [0, 0.1) is 12.8 Å². The van der Waals surface area contributed by atoms with Gasteiger partial charge in [0.05, 0.1) is 6.61 Å². The van der Waals surface area contributed by atoms with Gasteiger partial charge in [0, 0.05) is 24.6 Å². The van der Waals surface area contributed by atoms with Crippen LogP contribution in [0.3, 0.4) is 0 Å². The van der Waals surface area contributed by atoms with Gasteiger partial charge in [-0.2, -0.15) is 0 Å². The Morgan fingerprint density at radius 3 is 2.68 bits per heavy atom. The molecule has 1 saturated heterocycles. The summed E-state index contributed by atoms with van der Waals surface area (Å²) in [7, 11) is 0. The average molecular weight is 380 g/mol. The van der Waals surface area contributed by atoms with Gasteiger partial charge in [0.15, 0.2) is 5.72 Å². The number of para-hydroxylation sites is 1. The number of anilines is 1. The van der Waals surface area contributed by atoms with Gasteiger partial charge in [-0.05, 0) is 37.6 Å². The van der Waals surface area contributed by atoms with Crippen molar-refractivity contribution in [1.82, 2.24) is 4.90 Å². The zero-order valence-electron chi connectivity index (χ0n) is 16.0. The lowest BCUT2D eigenvalue weighted by molar-refractivity contribution is -0.176. The molecule has 2 bridgehead atoms. The van der Waals surface area contributed by atoms with Crippen LogP contribution in [-0.2, 0) is 9.59 Å². The number of nitrogens with zero attached hydrogens (tertiary/aromatic N) is 1. The molecule has 2 aliphatic heterocycles. The maximum atomic E-state index is 13.3. The molecule has 2 amide bonds. The Morgan fingerprint density at radius 1 is 1.25 bits per heavy atom. The molecule has 4 rings (SSSR count). The van der Waals surface area contributed by atoms with Gasteiger partial charge in [0.1, 0.15) is 11.7 Å². The number of nitrogens with one attached hydrogen (secondary N) is 1. The van der Waals surface area contributed by atoms with Crippen LogP contribution in [-0.4, -0.2) is 40.7 Å². The highest BCUT2D eigenvalue weighted by molar-refractivity contribution is 6.08. The fourth-order valence-corrected chi connectivity index (χ4v) is 4.31. The molecule has 1 fully saturated rings. The number of amides is 2. The number of aryl methyl sites for hydroxylation is 1. The standard InChI is InChI=1S/C22H24N2O4/c1-14-7-9-15(10-8-14)23-20(26)19-17-13-22(2,24(11-12-25)21(19)27)28-18-6-4-3-5-16(17)18/h3-10,17,19,25H,11-13H2,1-2H3,(H,23,26)/t17-,19+,22-/m1/s1. The minimum absolute atomic E-state index is 0.124. The van der Waals surface area contributed by atoms with Crippen LogP contribution < -0.4 is 10.1 Å². The van der Waals surface area contributed by atoms with Crippen molar-refractivity contribution in [3.8, 4) is 5.75 Å². The number of likely N-dealkylation sites (tertiary alicyclic amines) is 1. The first-order chi connectivity index (χ1) is 13.4. The number of ether oxygens (including phenoxy) is 1. The second kappa shape index (κ2) is 6.95. The van der Waals surface area contributed by atoms with Crippen molar-refractivity contribution < 1.29 is 19.4 Å². The number of hydrogen-bond acceptors (Lipinski definition) is 4. The summed E-state index contributed by atoms with van der Waals surface area (Å²) >= 11 is 0. The Balaban J connectivity index is 1.72. The van der Waals surface area contributed by atoms with Crippen LogP contribution in [0.2, 0.25) is 0 Å². The van der Waals surface area contributed by atoms with Crippen LogP contribution in [0.5, 0.6) is 5.75 Å². The van der Waals surface area contributed by atoms with Crippen LogP contribution in [0.15, 0.2) is 48.5 Å². The summed E-state index contributed by atoms with van der Waals surface area (Å²) in [4.78, 5) is 28.0. The molecular formula is C22H24N2O4. The molecule has 0 radical (unpaired) electrons. The van der Waals surface area contributed by atoms with Crippen LogP contribution in [0.4, 0.5) is 5.69 Å². The lowest BCUT2D eigenvalue weighted by atomic mass is 9.73. The Bertz CT molecular complexity index is 911. The number of aliphatic hydroxyl groups is 1. The first-order valence-corrected chi connectivity index (χ1v) is 9.51. The van der Waals surface area contributed by atoms with E-state index in [2.05, 4.69) is 5.32 Å². The SMILES string of the molecule is Cc1ccc(NC(=O)[C@H]2C(=O)N(CCO)[C@@]3(C)C[C@@H]2c2ccccc2O3)cc1.